The van der Waals surface area contributed by atoms with E-state index in [2.05, 4.69) is 5.32 Å². The first kappa shape index (κ1) is 21.8. The van der Waals surface area contributed by atoms with Gasteiger partial charge in [0.05, 0.1) is 14.2 Å². The third-order valence-corrected chi connectivity index (χ3v) is 4.36. The number of nitrogens with zero attached hydrogens (tertiary/aromatic N) is 1. The van der Waals surface area contributed by atoms with Crippen LogP contribution in [0.5, 0.6) is 11.5 Å². The van der Waals surface area contributed by atoms with Crippen LogP contribution in [0.2, 0.25) is 0 Å². The summed E-state index contributed by atoms with van der Waals surface area (Å²) in [4.78, 5) is 26.0. The first-order valence-electron chi connectivity index (χ1n) is 9.20. The zero-order chi connectivity index (χ0) is 19.5. The Kier molecular flexibility index (Phi) is 9.55. The van der Waals surface area contributed by atoms with Crippen molar-refractivity contribution in [1.82, 2.24) is 10.2 Å². The summed E-state index contributed by atoms with van der Waals surface area (Å²) in [5.41, 5.74) is 1.06. The summed E-state index contributed by atoms with van der Waals surface area (Å²) in [6, 6.07) is 5.73. The van der Waals surface area contributed by atoms with E-state index in [1.807, 2.05) is 39.0 Å². The first-order chi connectivity index (χ1) is 12.4. The molecular formula is C20H32N2O4. The Balaban J connectivity index is 2.39. The predicted molar refractivity (Wildman–Crippen MR) is 103 cm³/mol. The van der Waals surface area contributed by atoms with E-state index >= 15 is 0 Å². The fraction of sp³-hybridized carbons (Fsp3) is 0.600. The van der Waals surface area contributed by atoms with E-state index in [1.54, 1.807) is 19.1 Å². The molecule has 1 rings (SSSR count). The number of hydrogen-bond donors (Lipinski definition) is 1. The van der Waals surface area contributed by atoms with E-state index in [9.17, 15) is 9.59 Å². The smallest absolute Gasteiger partial charge is 0.222 e. The van der Waals surface area contributed by atoms with Gasteiger partial charge in [0, 0.05) is 32.5 Å². The highest BCUT2D eigenvalue weighted by molar-refractivity contribution is 5.79. The number of benzene rings is 1. The van der Waals surface area contributed by atoms with Crippen LogP contribution in [0.1, 0.15) is 39.2 Å². The van der Waals surface area contributed by atoms with Crippen LogP contribution in [0.4, 0.5) is 0 Å². The number of nitrogens with one attached hydrogen (secondary N) is 1. The van der Waals surface area contributed by atoms with Crippen molar-refractivity contribution in [2.45, 2.75) is 40.0 Å². The normalized spacial score (nSPS) is 11.6. The molecule has 1 aromatic rings. The summed E-state index contributed by atoms with van der Waals surface area (Å²) in [7, 11) is 3.20. The van der Waals surface area contributed by atoms with Crippen LogP contribution in [0.25, 0.3) is 0 Å². The second-order valence-electron chi connectivity index (χ2n) is 6.37. The molecule has 0 saturated heterocycles. The van der Waals surface area contributed by atoms with Crippen LogP contribution in [-0.4, -0.2) is 50.6 Å². The van der Waals surface area contributed by atoms with E-state index < -0.39 is 0 Å². The van der Waals surface area contributed by atoms with Gasteiger partial charge in [-0.3, -0.25) is 9.59 Å². The fourth-order valence-electron chi connectivity index (χ4n) is 2.85. The Bertz CT molecular complexity index is 585. The van der Waals surface area contributed by atoms with Crippen LogP contribution >= 0.6 is 0 Å². The Morgan fingerprint density at radius 2 is 1.73 bits per heavy atom. The monoisotopic (exact) mass is 364 g/mol. The molecule has 0 spiro atoms. The van der Waals surface area contributed by atoms with Gasteiger partial charge in [0.1, 0.15) is 0 Å². The van der Waals surface area contributed by atoms with Crippen molar-refractivity contribution in [3.63, 3.8) is 0 Å². The van der Waals surface area contributed by atoms with Crippen LogP contribution in [0.15, 0.2) is 18.2 Å². The number of hydrogen-bond acceptors (Lipinski definition) is 4. The summed E-state index contributed by atoms with van der Waals surface area (Å²) in [6.07, 6.45) is 1.47. The lowest BCUT2D eigenvalue weighted by Crippen LogP contribution is -2.33. The molecule has 1 atom stereocenters. The minimum atomic E-state index is -0.0228. The number of carbonyl (C=O) groups is 2. The van der Waals surface area contributed by atoms with E-state index in [0.29, 0.717) is 50.4 Å². The average molecular weight is 364 g/mol. The quantitative estimate of drug-likeness (QED) is 0.655. The van der Waals surface area contributed by atoms with Crippen LogP contribution in [0, 0.1) is 5.92 Å². The maximum atomic E-state index is 12.1. The van der Waals surface area contributed by atoms with Crippen molar-refractivity contribution in [1.29, 1.82) is 0 Å². The zero-order valence-corrected chi connectivity index (χ0v) is 16.6. The second-order valence-corrected chi connectivity index (χ2v) is 6.37. The van der Waals surface area contributed by atoms with Crippen molar-refractivity contribution in [3.05, 3.63) is 23.8 Å². The van der Waals surface area contributed by atoms with Crippen molar-refractivity contribution in [2.24, 2.45) is 5.92 Å². The standard InChI is InChI=1S/C20H32N2O4/c1-6-22(7-2)20(24)13-15(3)12-19(23)21-11-10-16-8-9-17(25-4)18(14-16)26-5/h8-9,14-15H,6-7,10-13H2,1-5H3,(H,21,23). The van der Waals surface area contributed by atoms with Crippen molar-refractivity contribution >= 4 is 11.8 Å². The average Bonchev–Trinajstić information content (AvgIpc) is 2.62. The Morgan fingerprint density at radius 1 is 1.08 bits per heavy atom. The van der Waals surface area contributed by atoms with Gasteiger partial charge < -0.3 is 19.7 Å². The van der Waals surface area contributed by atoms with Crippen molar-refractivity contribution in [3.8, 4) is 11.5 Å². The topological polar surface area (TPSA) is 67.9 Å². The lowest BCUT2D eigenvalue weighted by Gasteiger charge is -2.20. The largest absolute Gasteiger partial charge is 0.493 e. The lowest BCUT2D eigenvalue weighted by molar-refractivity contribution is -0.132. The van der Waals surface area contributed by atoms with E-state index in [-0.39, 0.29) is 17.7 Å². The predicted octanol–water partition coefficient (Wildman–Crippen LogP) is 2.65. The molecule has 0 heterocycles. The van der Waals surface area contributed by atoms with E-state index in [0.717, 1.165) is 5.56 Å². The molecule has 0 aliphatic carbocycles. The molecule has 0 radical (unpaired) electrons. The fourth-order valence-corrected chi connectivity index (χ4v) is 2.85. The first-order valence-corrected chi connectivity index (χ1v) is 9.20. The van der Waals surface area contributed by atoms with Crippen molar-refractivity contribution < 1.29 is 19.1 Å². The third kappa shape index (κ3) is 6.94. The van der Waals surface area contributed by atoms with Gasteiger partial charge in [-0.05, 0) is 43.9 Å². The molecule has 6 nitrogen and oxygen atoms in total. The van der Waals surface area contributed by atoms with Crippen LogP contribution in [0.3, 0.4) is 0 Å². The van der Waals surface area contributed by atoms with Gasteiger partial charge in [-0.2, -0.15) is 0 Å². The van der Waals surface area contributed by atoms with Gasteiger partial charge in [0.2, 0.25) is 11.8 Å². The summed E-state index contributed by atoms with van der Waals surface area (Å²) in [6.45, 7) is 7.83. The van der Waals surface area contributed by atoms with Gasteiger partial charge in [-0.25, -0.2) is 0 Å². The molecule has 2 amide bonds. The van der Waals surface area contributed by atoms with E-state index in [4.69, 9.17) is 9.47 Å². The molecule has 0 aromatic heterocycles. The summed E-state index contributed by atoms with van der Waals surface area (Å²) in [5, 5.41) is 2.92. The minimum Gasteiger partial charge on any atom is -0.493 e. The number of ether oxygens (including phenoxy) is 2. The zero-order valence-electron chi connectivity index (χ0n) is 16.6. The van der Waals surface area contributed by atoms with E-state index in [1.165, 1.54) is 0 Å². The highest BCUT2D eigenvalue weighted by atomic mass is 16.5. The van der Waals surface area contributed by atoms with Gasteiger partial charge >= 0.3 is 0 Å². The number of carbonyl (C=O) groups excluding carboxylic acids is 2. The maximum absolute atomic E-state index is 12.1. The Hall–Kier alpha value is -2.24. The molecule has 0 aliphatic rings. The maximum Gasteiger partial charge on any atom is 0.222 e. The van der Waals surface area contributed by atoms with Crippen molar-refractivity contribution in [2.75, 3.05) is 33.9 Å². The molecule has 0 aliphatic heterocycles. The highest BCUT2D eigenvalue weighted by Crippen LogP contribution is 2.27. The lowest BCUT2D eigenvalue weighted by atomic mass is 10.0. The van der Waals surface area contributed by atoms with Gasteiger partial charge in [0.25, 0.3) is 0 Å². The molecule has 0 fully saturated rings. The molecule has 146 valence electrons. The summed E-state index contributed by atoms with van der Waals surface area (Å²) in [5.74, 6) is 1.49. The van der Waals surface area contributed by atoms with Gasteiger partial charge in [-0.1, -0.05) is 13.0 Å². The van der Waals surface area contributed by atoms with Crippen LogP contribution in [-0.2, 0) is 16.0 Å². The van der Waals surface area contributed by atoms with Gasteiger partial charge in [-0.15, -0.1) is 0 Å². The molecular weight excluding hydrogens is 332 g/mol. The molecule has 1 aromatic carbocycles. The summed E-state index contributed by atoms with van der Waals surface area (Å²) < 4.78 is 10.5. The molecule has 0 bridgehead atoms. The third-order valence-electron chi connectivity index (χ3n) is 4.36. The highest BCUT2D eigenvalue weighted by Gasteiger charge is 2.16. The molecule has 1 N–H and O–H groups in total. The summed E-state index contributed by atoms with van der Waals surface area (Å²) >= 11 is 0. The second kappa shape index (κ2) is 11.4. The number of methoxy groups -OCH3 is 2. The number of amides is 2. The molecule has 6 heteroatoms. The van der Waals surface area contributed by atoms with Crippen LogP contribution < -0.4 is 14.8 Å². The molecule has 26 heavy (non-hydrogen) atoms. The SMILES string of the molecule is CCN(CC)C(=O)CC(C)CC(=O)NCCc1ccc(OC)c(OC)c1. The minimum absolute atomic E-state index is 0.0228. The Morgan fingerprint density at radius 3 is 2.31 bits per heavy atom. The number of rotatable bonds is 11. The molecule has 0 saturated carbocycles. The molecule has 1 unspecified atom stereocenters. The Labute approximate surface area is 156 Å². The van der Waals surface area contributed by atoms with Gasteiger partial charge in [0.15, 0.2) is 11.5 Å².